The zero-order chi connectivity index (χ0) is 20.0. The third kappa shape index (κ3) is 3.05. The molecule has 2 aliphatic rings. The minimum Gasteiger partial charge on any atom is -0.294 e. The van der Waals surface area contributed by atoms with E-state index in [9.17, 15) is 14.0 Å². The molecule has 3 aromatic carbocycles. The molecule has 0 fully saturated rings. The molecule has 0 spiro atoms. The van der Waals surface area contributed by atoms with Gasteiger partial charge in [0.15, 0.2) is 5.78 Å². The summed E-state index contributed by atoms with van der Waals surface area (Å²) in [5.74, 6) is -0.514. The van der Waals surface area contributed by atoms with Crippen LogP contribution in [0.3, 0.4) is 0 Å². The highest BCUT2D eigenvalue weighted by Crippen LogP contribution is 2.43. The Morgan fingerprint density at radius 2 is 1.62 bits per heavy atom. The third-order valence-corrected chi connectivity index (χ3v) is 5.94. The van der Waals surface area contributed by atoms with Crippen molar-refractivity contribution in [3.63, 3.8) is 0 Å². The molecule has 1 aliphatic carbocycles. The van der Waals surface area contributed by atoms with Gasteiger partial charge in [-0.1, -0.05) is 42.5 Å². The van der Waals surface area contributed by atoms with Crippen LogP contribution in [-0.4, -0.2) is 11.7 Å². The minimum absolute atomic E-state index is 0.0526. The number of allylic oxidation sites excluding steroid dienone is 2. The predicted molar refractivity (Wildman–Crippen MR) is 111 cm³/mol. The number of halogens is 1. The van der Waals surface area contributed by atoms with Crippen molar-refractivity contribution < 1.29 is 14.0 Å². The van der Waals surface area contributed by atoms with Crippen LogP contribution < -0.4 is 4.90 Å². The molecule has 0 aromatic heterocycles. The number of nitrogens with zero attached hydrogens (tertiary/aromatic N) is 1. The number of carbonyl (C=O) groups is 2. The van der Waals surface area contributed by atoms with Crippen LogP contribution in [-0.2, 0) is 9.59 Å². The molecule has 0 radical (unpaired) electrons. The number of hydrogen-bond acceptors (Lipinski definition) is 2. The molecule has 3 nitrogen and oxygen atoms in total. The maximum Gasteiger partial charge on any atom is 0.232 e. The van der Waals surface area contributed by atoms with E-state index >= 15 is 0 Å². The molecule has 1 amide bonds. The number of benzene rings is 3. The van der Waals surface area contributed by atoms with Gasteiger partial charge in [0.1, 0.15) is 5.82 Å². The fourth-order valence-corrected chi connectivity index (χ4v) is 4.59. The Bertz CT molecular complexity index is 1160. The maximum atomic E-state index is 13.4. The molecule has 1 unspecified atom stereocenters. The van der Waals surface area contributed by atoms with Gasteiger partial charge in [0.25, 0.3) is 0 Å². The maximum absolute atomic E-state index is 13.4. The molecular formula is C25H20FNO2. The van der Waals surface area contributed by atoms with Gasteiger partial charge in [-0.3, -0.25) is 14.5 Å². The third-order valence-electron chi connectivity index (χ3n) is 5.94. The molecule has 0 saturated carbocycles. The highest BCUT2D eigenvalue weighted by molar-refractivity contribution is 6.07. The number of carbonyl (C=O) groups excluding carboxylic acids is 2. The van der Waals surface area contributed by atoms with Crippen molar-refractivity contribution in [1.29, 1.82) is 0 Å². The van der Waals surface area contributed by atoms with Crippen LogP contribution in [0, 0.1) is 5.82 Å². The Balaban J connectivity index is 1.65. The summed E-state index contributed by atoms with van der Waals surface area (Å²) in [6, 6.07) is 20.2. The van der Waals surface area contributed by atoms with Gasteiger partial charge in [-0.25, -0.2) is 4.39 Å². The first-order valence-electron chi connectivity index (χ1n) is 9.95. The number of rotatable bonds is 2. The van der Waals surface area contributed by atoms with Gasteiger partial charge in [0.2, 0.25) is 5.91 Å². The van der Waals surface area contributed by atoms with Crippen molar-refractivity contribution in [2.24, 2.45) is 0 Å². The van der Waals surface area contributed by atoms with Gasteiger partial charge in [0, 0.05) is 35.7 Å². The Morgan fingerprint density at radius 1 is 0.862 bits per heavy atom. The van der Waals surface area contributed by atoms with Crippen LogP contribution in [0.2, 0.25) is 0 Å². The van der Waals surface area contributed by atoms with Crippen molar-refractivity contribution in [3.05, 3.63) is 89.4 Å². The molecule has 5 rings (SSSR count). The number of Topliss-reactive ketones (excluding diaryl/α,β-unsaturated/α-hetero) is 1. The van der Waals surface area contributed by atoms with Gasteiger partial charge in [-0.15, -0.1) is 0 Å². The summed E-state index contributed by atoms with van der Waals surface area (Å²) < 4.78 is 13.4. The first kappa shape index (κ1) is 17.8. The van der Waals surface area contributed by atoms with Crippen LogP contribution in [0.4, 0.5) is 10.1 Å². The molecule has 4 heteroatoms. The SMILES string of the molecule is O=C1CCCC2=C1C(c1ccc3ccccc3c1)CC(=O)N2c1ccc(F)cc1. The predicted octanol–water partition coefficient (Wildman–Crippen LogP) is 5.51. The van der Waals surface area contributed by atoms with Gasteiger partial charge < -0.3 is 0 Å². The first-order valence-corrected chi connectivity index (χ1v) is 9.95. The van der Waals surface area contributed by atoms with Crippen molar-refractivity contribution >= 4 is 28.2 Å². The van der Waals surface area contributed by atoms with E-state index in [2.05, 4.69) is 18.2 Å². The standard InChI is InChI=1S/C25H20FNO2/c26-19-10-12-20(13-11-19)27-22-6-3-7-23(28)25(22)21(15-24(27)29)18-9-8-16-4-1-2-5-17(16)14-18/h1-2,4-5,8-14,21H,3,6-7,15H2. The number of hydrogen-bond donors (Lipinski definition) is 0. The second kappa shape index (κ2) is 6.96. The Hall–Kier alpha value is -3.27. The number of anilines is 1. The Labute approximate surface area is 168 Å². The smallest absolute Gasteiger partial charge is 0.232 e. The van der Waals surface area contributed by atoms with Gasteiger partial charge in [-0.05, 0) is 53.4 Å². The quantitative estimate of drug-likeness (QED) is 0.584. The molecule has 0 saturated heterocycles. The molecule has 3 aromatic rings. The molecule has 0 bridgehead atoms. The molecule has 1 atom stereocenters. The van der Waals surface area contributed by atoms with Crippen molar-refractivity contribution in [3.8, 4) is 0 Å². The van der Waals surface area contributed by atoms with Crippen LogP contribution in [0.25, 0.3) is 10.8 Å². The monoisotopic (exact) mass is 385 g/mol. The Morgan fingerprint density at radius 3 is 2.41 bits per heavy atom. The summed E-state index contributed by atoms with van der Waals surface area (Å²) in [6.45, 7) is 0. The lowest BCUT2D eigenvalue weighted by molar-refractivity contribution is -0.119. The second-order valence-electron chi connectivity index (χ2n) is 7.71. The van der Waals surface area contributed by atoms with E-state index in [0.717, 1.165) is 34.0 Å². The topological polar surface area (TPSA) is 37.4 Å². The average molecular weight is 385 g/mol. The summed E-state index contributed by atoms with van der Waals surface area (Å²) in [7, 11) is 0. The van der Waals surface area contributed by atoms with Crippen molar-refractivity contribution in [1.82, 2.24) is 0 Å². The molecule has 1 aliphatic heterocycles. The van der Waals surface area contributed by atoms with Crippen LogP contribution in [0.5, 0.6) is 0 Å². The van der Waals surface area contributed by atoms with E-state index in [1.165, 1.54) is 12.1 Å². The van der Waals surface area contributed by atoms with E-state index in [0.29, 0.717) is 18.5 Å². The van der Waals surface area contributed by atoms with E-state index < -0.39 is 0 Å². The van der Waals surface area contributed by atoms with E-state index in [4.69, 9.17) is 0 Å². The largest absolute Gasteiger partial charge is 0.294 e. The summed E-state index contributed by atoms with van der Waals surface area (Å²) in [6.07, 6.45) is 2.15. The van der Waals surface area contributed by atoms with Crippen molar-refractivity contribution in [2.45, 2.75) is 31.6 Å². The zero-order valence-corrected chi connectivity index (χ0v) is 15.9. The van der Waals surface area contributed by atoms with Crippen LogP contribution in [0.15, 0.2) is 78.0 Å². The zero-order valence-electron chi connectivity index (χ0n) is 15.9. The van der Waals surface area contributed by atoms with Crippen molar-refractivity contribution in [2.75, 3.05) is 4.90 Å². The minimum atomic E-state index is -0.346. The first-order chi connectivity index (χ1) is 14.1. The number of amides is 1. The van der Waals surface area contributed by atoms with E-state index in [-0.39, 0.29) is 29.8 Å². The van der Waals surface area contributed by atoms with Gasteiger partial charge >= 0.3 is 0 Å². The summed E-state index contributed by atoms with van der Waals surface area (Å²) >= 11 is 0. The lowest BCUT2D eigenvalue weighted by Gasteiger charge is -2.38. The molecule has 0 N–H and O–H groups in total. The fourth-order valence-electron chi connectivity index (χ4n) is 4.59. The highest BCUT2D eigenvalue weighted by atomic mass is 19.1. The highest BCUT2D eigenvalue weighted by Gasteiger charge is 2.39. The summed E-state index contributed by atoms with van der Waals surface area (Å²) in [5.41, 5.74) is 3.15. The lowest BCUT2D eigenvalue weighted by Crippen LogP contribution is -2.40. The number of fused-ring (bicyclic) bond motifs is 1. The number of ketones is 1. The fraction of sp³-hybridized carbons (Fsp3) is 0.200. The molecule has 29 heavy (non-hydrogen) atoms. The van der Waals surface area contributed by atoms with E-state index in [1.54, 1.807) is 17.0 Å². The second-order valence-corrected chi connectivity index (χ2v) is 7.71. The molecule has 1 heterocycles. The van der Waals surface area contributed by atoms with E-state index in [1.807, 2.05) is 24.3 Å². The molecular weight excluding hydrogens is 365 g/mol. The normalized spacial score (nSPS) is 19.6. The summed E-state index contributed by atoms with van der Waals surface area (Å²) in [5, 5.41) is 2.24. The average Bonchev–Trinajstić information content (AvgIpc) is 2.74. The van der Waals surface area contributed by atoms with Crippen LogP contribution >= 0.6 is 0 Å². The molecule has 144 valence electrons. The van der Waals surface area contributed by atoms with Gasteiger partial charge in [-0.2, -0.15) is 0 Å². The van der Waals surface area contributed by atoms with Gasteiger partial charge in [0.05, 0.1) is 0 Å². The summed E-state index contributed by atoms with van der Waals surface area (Å²) in [4.78, 5) is 27.8. The lowest BCUT2D eigenvalue weighted by atomic mass is 9.77. The Kier molecular flexibility index (Phi) is 4.27. The van der Waals surface area contributed by atoms with Crippen LogP contribution in [0.1, 0.15) is 37.2 Å².